The molecule has 0 fully saturated rings. The fraction of sp³-hybridized carbons (Fsp3) is 0.875. The maximum atomic E-state index is 12.1. The molecule has 0 bridgehead atoms. The third-order valence-electron chi connectivity index (χ3n) is 3.66. The highest BCUT2D eigenvalue weighted by molar-refractivity contribution is 5.77. The van der Waals surface area contributed by atoms with Gasteiger partial charge in [-0.3, -0.25) is 9.59 Å². The maximum absolute atomic E-state index is 12.1. The Balaban J connectivity index is 3.84. The maximum Gasteiger partial charge on any atom is 0.305 e. The molecular weight excluding hydrogens is 254 g/mol. The molecule has 20 heavy (non-hydrogen) atoms. The van der Waals surface area contributed by atoms with Crippen LogP contribution in [0.4, 0.5) is 0 Å². The fourth-order valence-electron chi connectivity index (χ4n) is 2.47. The fourth-order valence-corrected chi connectivity index (χ4v) is 2.47. The van der Waals surface area contributed by atoms with E-state index < -0.39 is 5.97 Å². The molecular formula is C16H31NO3. The van der Waals surface area contributed by atoms with E-state index in [1.54, 1.807) is 11.8 Å². The van der Waals surface area contributed by atoms with Gasteiger partial charge in [0.2, 0.25) is 5.91 Å². The zero-order valence-electron chi connectivity index (χ0n) is 13.4. The lowest BCUT2D eigenvalue weighted by Crippen LogP contribution is -2.39. The van der Waals surface area contributed by atoms with E-state index in [0.717, 1.165) is 12.8 Å². The molecule has 0 aliphatic heterocycles. The van der Waals surface area contributed by atoms with Crippen LogP contribution in [0.25, 0.3) is 0 Å². The normalized spacial score (nSPS) is 12.2. The van der Waals surface area contributed by atoms with E-state index in [2.05, 4.69) is 6.92 Å². The molecule has 0 aliphatic carbocycles. The molecule has 0 aromatic rings. The summed E-state index contributed by atoms with van der Waals surface area (Å²) in [6.07, 6.45) is 8.89. The molecule has 4 heteroatoms. The summed E-state index contributed by atoms with van der Waals surface area (Å²) in [5, 5.41) is 8.79. The summed E-state index contributed by atoms with van der Waals surface area (Å²) in [7, 11) is 0. The van der Waals surface area contributed by atoms with Crippen LogP contribution >= 0.6 is 0 Å². The van der Waals surface area contributed by atoms with Crippen molar-refractivity contribution in [2.24, 2.45) is 0 Å². The van der Waals surface area contributed by atoms with Crippen LogP contribution in [0, 0.1) is 0 Å². The van der Waals surface area contributed by atoms with Gasteiger partial charge < -0.3 is 10.0 Å². The predicted molar refractivity (Wildman–Crippen MR) is 81.7 cm³/mol. The molecule has 1 atom stereocenters. The number of aliphatic carboxylic acids is 1. The van der Waals surface area contributed by atoms with Gasteiger partial charge in [-0.15, -0.1) is 0 Å². The van der Waals surface area contributed by atoms with E-state index in [0.29, 0.717) is 13.0 Å². The first kappa shape index (κ1) is 18.9. The van der Waals surface area contributed by atoms with Gasteiger partial charge in [-0.1, -0.05) is 45.4 Å². The van der Waals surface area contributed by atoms with E-state index in [4.69, 9.17) is 5.11 Å². The van der Waals surface area contributed by atoms with Crippen molar-refractivity contribution in [3.63, 3.8) is 0 Å². The Kier molecular flexibility index (Phi) is 11.1. The number of rotatable bonds is 12. The minimum Gasteiger partial charge on any atom is -0.481 e. The van der Waals surface area contributed by atoms with Crippen molar-refractivity contribution in [2.75, 3.05) is 6.54 Å². The SMILES string of the molecule is CCCCCCCCCC(=O)N(CC)C(C)CC(=O)O. The summed E-state index contributed by atoms with van der Waals surface area (Å²) in [5.41, 5.74) is 0. The summed E-state index contributed by atoms with van der Waals surface area (Å²) in [5.74, 6) is -0.755. The molecule has 0 saturated carbocycles. The average Bonchev–Trinajstić information content (AvgIpc) is 2.37. The van der Waals surface area contributed by atoms with Crippen LogP contribution in [0.2, 0.25) is 0 Å². The van der Waals surface area contributed by atoms with Crippen LogP contribution in [0.1, 0.15) is 78.6 Å². The number of carbonyl (C=O) groups is 2. The number of carbonyl (C=O) groups excluding carboxylic acids is 1. The largest absolute Gasteiger partial charge is 0.481 e. The van der Waals surface area contributed by atoms with Crippen LogP contribution in [-0.4, -0.2) is 34.5 Å². The van der Waals surface area contributed by atoms with Crippen LogP contribution in [0.5, 0.6) is 0 Å². The third kappa shape index (κ3) is 8.94. The molecule has 0 rings (SSSR count). The van der Waals surface area contributed by atoms with Gasteiger partial charge in [-0.2, -0.15) is 0 Å². The number of unbranched alkanes of at least 4 members (excludes halogenated alkanes) is 6. The first-order valence-corrected chi connectivity index (χ1v) is 8.04. The highest BCUT2D eigenvalue weighted by Crippen LogP contribution is 2.12. The third-order valence-corrected chi connectivity index (χ3v) is 3.66. The highest BCUT2D eigenvalue weighted by atomic mass is 16.4. The lowest BCUT2D eigenvalue weighted by Gasteiger charge is -2.27. The summed E-state index contributed by atoms with van der Waals surface area (Å²) in [6.45, 7) is 6.50. The monoisotopic (exact) mass is 285 g/mol. The molecule has 4 nitrogen and oxygen atoms in total. The smallest absolute Gasteiger partial charge is 0.305 e. The van der Waals surface area contributed by atoms with E-state index in [1.165, 1.54) is 32.1 Å². The molecule has 0 radical (unpaired) electrons. The zero-order chi connectivity index (χ0) is 15.4. The number of nitrogens with zero attached hydrogens (tertiary/aromatic N) is 1. The summed E-state index contributed by atoms with van der Waals surface area (Å²) < 4.78 is 0. The Labute approximate surface area is 123 Å². The van der Waals surface area contributed by atoms with E-state index >= 15 is 0 Å². The lowest BCUT2D eigenvalue weighted by atomic mass is 10.1. The average molecular weight is 285 g/mol. The first-order chi connectivity index (χ1) is 9.52. The molecule has 1 amide bonds. The van der Waals surface area contributed by atoms with E-state index in [9.17, 15) is 9.59 Å². The van der Waals surface area contributed by atoms with Gasteiger partial charge in [-0.25, -0.2) is 0 Å². The molecule has 0 aromatic heterocycles. The van der Waals surface area contributed by atoms with Gasteiger partial charge in [-0.05, 0) is 20.3 Å². The Hall–Kier alpha value is -1.06. The quantitative estimate of drug-likeness (QED) is 0.554. The number of hydrogen-bond donors (Lipinski definition) is 1. The predicted octanol–water partition coefficient (Wildman–Crippen LogP) is 3.84. The van der Waals surface area contributed by atoms with Crippen molar-refractivity contribution < 1.29 is 14.7 Å². The Morgan fingerprint density at radius 3 is 2.05 bits per heavy atom. The number of carboxylic acid groups (broad SMARTS) is 1. The minimum atomic E-state index is -0.848. The molecule has 1 N–H and O–H groups in total. The Bertz CT molecular complexity index is 279. The lowest BCUT2D eigenvalue weighted by molar-refractivity contribution is -0.140. The van der Waals surface area contributed by atoms with Gasteiger partial charge in [0, 0.05) is 19.0 Å². The first-order valence-electron chi connectivity index (χ1n) is 8.04. The van der Waals surface area contributed by atoms with Gasteiger partial charge in [0.25, 0.3) is 0 Å². The topological polar surface area (TPSA) is 57.6 Å². The van der Waals surface area contributed by atoms with Crippen molar-refractivity contribution in [3.8, 4) is 0 Å². The summed E-state index contributed by atoms with van der Waals surface area (Å²) >= 11 is 0. The van der Waals surface area contributed by atoms with Crippen molar-refractivity contribution >= 4 is 11.9 Å². The van der Waals surface area contributed by atoms with Crippen molar-refractivity contribution in [1.29, 1.82) is 0 Å². The van der Waals surface area contributed by atoms with Crippen LogP contribution < -0.4 is 0 Å². The van der Waals surface area contributed by atoms with Gasteiger partial charge >= 0.3 is 5.97 Å². The van der Waals surface area contributed by atoms with E-state index in [1.807, 2.05) is 6.92 Å². The summed E-state index contributed by atoms with van der Waals surface area (Å²) in [4.78, 5) is 24.5. The second-order valence-corrected chi connectivity index (χ2v) is 5.50. The van der Waals surface area contributed by atoms with Crippen molar-refractivity contribution in [2.45, 2.75) is 84.6 Å². The number of carboxylic acids is 1. The minimum absolute atomic E-state index is 0.0244. The Morgan fingerprint density at radius 2 is 1.55 bits per heavy atom. The molecule has 0 heterocycles. The number of hydrogen-bond acceptors (Lipinski definition) is 2. The second-order valence-electron chi connectivity index (χ2n) is 5.50. The second kappa shape index (κ2) is 11.7. The van der Waals surface area contributed by atoms with Crippen molar-refractivity contribution in [1.82, 2.24) is 4.90 Å². The van der Waals surface area contributed by atoms with E-state index in [-0.39, 0.29) is 18.4 Å². The molecule has 0 aliphatic rings. The standard InChI is InChI=1S/C16H31NO3/c1-4-6-7-8-9-10-11-12-15(18)17(5-2)14(3)13-16(19)20/h14H,4-13H2,1-3H3,(H,19,20). The highest BCUT2D eigenvalue weighted by Gasteiger charge is 2.19. The van der Waals surface area contributed by atoms with Gasteiger partial charge in [0.1, 0.15) is 0 Å². The van der Waals surface area contributed by atoms with Gasteiger partial charge in [0.05, 0.1) is 6.42 Å². The number of amides is 1. The van der Waals surface area contributed by atoms with Crippen molar-refractivity contribution in [3.05, 3.63) is 0 Å². The molecule has 1 unspecified atom stereocenters. The van der Waals surface area contributed by atoms with Gasteiger partial charge in [0.15, 0.2) is 0 Å². The molecule has 118 valence electrons. The molecule has 0 spiro atoms. The molecule has 0 aromatic carbocycles. The Morgan fingerprint density at radius 1 is 1.00 bits per heavy atom. The summed E-state index contributed by atoms with van der Waals surface area (Å²) in [6, 6.07) is -0.213. The van der Waals surface area contributed by atoms with Crippen LogP contribution in [-0.2, 0) is 9.59 Å². The molecule has 0 saturated heterocycles. The zero-order valence-corrected chi connectivity index (χ0v) is 13.4. The van der Waals surface area contributed by atoms with Crippen LogP contribution in [0.3, 0.4) is 0 Å². The van der Waals surface area contributed by atoms with Crippen LogP contribution in [0.15, 0.2) is 0 Å².